The number of fused-ring (bicyclic) bond motifs is 2. The first kappa shape index (κ1) is 20.8. The lowest BCUT2D eigenvalue weighted by atomic mass is 10.1. The maximum absolute atomic E-state index is 14.0. The Morgan fingerprint density at radius 1 is 1.15 bits per heavy atom. The highest BCUT2D eigenvalue weighted by Crippen LogP contribution is 2.24. The first-order chi connectivity index (χ1) is 15.9. The Bertz CT molecular complexity index is 1500. The second-order valence-electron chi connectivity index (χ2n) is 8.37. The average molecular weight is 442 g/mol. The second-order valence-corrected chi connectivity index (χ2v) is 8.37. The summed E-state index contributed by atoms with van der Waals surface area (Å²) in [6.45, 7) is 5.91. The summed E-state index contributed by atoms with van der Waals surface area (Å²) in [5, 5.41) is 8.08. The topological polar surface area (TPSA) is 88.5 Å². The lowest BCUT2D eigenvalue weighted by Gasteiger charge is -2.09. The van der Waals surface area contributed by atoms with Gasteiger partial charge < -0.3 is 10.3 Å². The summed E-state index contributed by atoms with van der Waals surface area (Å²) in [6, 6.07) is 14.0. The van der Waals surface area contributed by atoms with Gasteiger partial charge in [0.15, 0.2) is 5.65 Å². The summed E-state index contributed by atoms with van der Waals surface area (Å²) < 4.78 is 15.8. The number of aromatic amines is 1. The fraction of sp³-hybridized carbons (Fsp3) is 0.200. The Balaban J connectivity index is 1.42. The van der Waals surface area contributed by atoms with Crippen molar-refractivity contribution in [2.24, 2.45) is 0 Å². The van der Waals surface area contributed by atoms with E-state index in [9.17, 15) is 9.18 Å². The van der Waals surface area contributed by atoms with Crippen LogP contribution in [0, 0.1) is 12.7 Å². The van der Waals surface area contributed by atoms with Crippen LogP contribution in [-0.2, 0) is 6.42 Å². The van der Waals surface area contributed by atoms with Gasteiger partial charge in [0.25, 0.3) is 5.91 Å². The van der Waals surface area contributed by atoms with Crippen LogP contribution in [0.15, 0.2) is 54.7 Å². The van der Waals surface area contributed by atoms with E-state index in [-0.39, 0.29) is 17.8 Å². The summed E-state index contributed by atoms with van der Waals surface area (Å²) in [4.78, 5) is 25.5. The predicted octanol–water partition coefficient (Wildman–Crippen LogP) is 5.18. The molecule has 8 heteroatoms. The van der Waals surface area contributed by atoms with Crippen molar-refractivity contribution in [1.82, 2.24) is 24.7 Å². The number of anilines is 1. The number of hydrogen-bond donors (Lipinski definition) is 2. The molecule has 166 valence electrons. The van der Waals surface area contributed by atoms with Gasteiger partial charge >= 0.3 is 0 Å². The first-order valence-electron chi connectivity index (χ1n) is 10.8. The molecule has 0 aliphatic carbocycles. The normalized spacial score (nSPS) is 11.5. The molecule has 5 rings (SSSR count). The van der Waals surface area contributed by atoms with Crippen molar-refractivity contribution >= 4 is 33.7 Å². The Morgan fingerprint density at radius 2 is 1.97 bits per heavy atom. The van der Waals surface area contributed by atoms with Crippen molar-refractivity contribution in [1.29, 1.82) is 0 Å². The van der Waals surface area contributed by atoms with Crippen LogP contribution in [0.25, 0.3) is 22.1 Å². The highest BCUT2D eigenvalue weighted by molar-refractivity contribution is 6.12. The third-order valence-corrected chi connectivity index (χ3v) is 5.53. The van der Waals surface area contributed by atoms with E-state index >= 15 is 0 Å². The summed E-state index contributed by atoms with van der Waals surface area (Å²) in [7, 11) is 0. The number of pyridine rings is 1. The lowest BCUT2D eigenvalue weighted by molar-refractivity contribution is 0.102. The Kier molecular flexibility index (Phi) is 5.12. The van der Waals surface area contributed by atoms with Gasteiger partial charge in [0, 0.05) is 23.8 Å². The van der Waals surface area contributed by atoms with E-state index in [0.29, 0.717) is 40.1 Å². The van der Waals surface area contributed by atoms with Gasteiger partial charge in [-0.15, -0.1) is 0 Å². The molecule has 3 heterocycles. The molecule has 0 atom stereocenters. The standard InChI is InChI=1S/C25H23FN6O/c1-14(2)32-24-19(13-27-32)18(10-15(3)28-24)25(33)29-17-8-9-21-22(12-17)31-23(30-21)11-16-6-4-5-7-20(16)26/h4-10,12-14H,11H2,1-3H3,(H,29,33)(H,30,31). The van der Waals surface area contributed by atoms with Crippen LogP contribution in [0.4, 0.5) is 10.1 Å². The molecule has 0 radical (unpaired) electrons. The van der Waals surface area contributed by atoms with Gasteiger partial charge in [-0.1, -0.05) is 18.2 Å². The fourth-order valence-electron chi connectivity index (χ4n) is 3.95. The van der Waals surface area contributed by atoms with Crippen molar-refractivity contribution in [3.63, 3.8) is 0 Å². The number of carbonyl (C=O) groups excluding carboxylic acids is 1. The van der Waals surface area contributed by atoms with Crippen LogP contribution in [0.1, 0.15) is 47.3 Å². The van der Waals surface area contributed by atoms with Gasteiger partial charge in [-0.25, -0.2) is 19.0 Å². The molecule has 0 bridgehead atoms. The number of H-pyrrole nitrogens is 1. The van der Waals surface area contributed by atoms with E-state index < -0.39 is 0 Å². The predicted molar refractivity (Wildman–Crippen MR) is 126 cm³/mol. The highest BCUT2D eigenvalue weighted by atomic mass is 19.1. The third kappa shape index (κ3) is 3.95. The van der Waals surface area contributed by atoms with Crippen LogP contribution in [-0.4, -0.2) is 30.6 Å². The second kappa shape index (κ2) is 8.12. The van der Waals surface area contributed by atoms with Crippen molar-refractivity contribution in [2.75, 3.05) is 5.32 Å². The van der Waals surface area contributed by atoms with Crippen LogP contribution in [0.3, 0.4) is 0 Å². The Labute approximate surface area is 189 Å². The van der Waals surface area contributed by atoms with E-state index in [0.717, 1.165) is 16.7 Å². The number of nitrogens with zero attached hydrogens (tertiary/aromatic N) is 4. The average Bonchev–Trinajstić information content (AvgIpc) is 3.38. The van der Waals surface area contributed by atoms with Gasteiger partial charge in [0.1, 0.15) is 11.6 Å². The molecule has 0 spiro atoms. The van der Waals surface area contributed by atoms with Crippen molar-refractivity contribution in [3.8, 4) is 0 Å². The van der Waals surface area contributed by atoms with E-state index in [4.69, 9.17) is 0 Å². The molecule has 2 aromatic carbocycles. The van der Waals surface area contributed by atoms with E-state index in [1.165, 1.54) is 6.07 Å². The summed E-state index contributed by atoms with van der Waals surface area (Å²) in [6.07, 6.45) is 2.04. The molecule has 2 N–H and O–H groups in total. The van der Waals surface area contributed by atoms with Crippen LogP contribution in [0.2, 0.25) is 0 Å². The lowest BCUT2D eigenvalue weighted by Crippen LogP contribution is -2.13. The monoisotopic (exact) mass is 442 g/mol. The molecule has 5 aromatic rings. The maximum Gasteiger partial charge on any atom is 0.256 e. The van der Waals surface area contributed by atoms with Gasteiger partial charge in [-0.3, -0.25) is 4.79 Å². The molecule has 0 saturated carbocycles. The number of amides is 1. The van der Waals surface area contributed by atoms with Crippen molar-refractivity contribution in [3.05, 3.63) is 83.2 Å². The van der Waals surface area contributed by atoms with Crippen LogP contribution < -0.4 is 5.32 Å². The zero-order valence-corrected chi connectivity index (χ0v) is 18.6. The molecular formula is C25H23FN6O. The Hall–Kier alpha value is -4.07. The van der Waals surface area contributed by atoms with Crippen molar-refractivity contribution in [2.45, 2.75) is 33.2 Å². The number of hydrogen-bond acceptors (Lipinski definition) is 4. The number of benzene rings is 2. The molecule has 3 aromatic heterocycles. The minimum atomic E-state index is -0.259. The number of rotatable bonds is 5. The smallest absolute Gasteiger partial charge is 0.256 e. The number of aryl methyl sites for hydroxylation is 1. The zero-order valence-electron chi connectivity index (χ0n) is 18.6. The number of nitrogens with one attached hydrogen (secondary N) is 2. The van der Waals surface area contributed by atoms with Gasteiger partial charge in [-0.2, -0.15) is 5.10 Å². The fourth-order valence-corrected chi connectivity index (χ4v) is 3.95. The summed E-state index contributed by atoms with van der Waals surface area (Å²) in [5.74, 6) is 0.163. The van der Waals surface area contributed by atoms with Gasteiger partial charge in [0.2, 0.25) is 0 Å². The van der Waals surface area contributed by atoms with E-state index in [2.05, 4.69) is 25.4 Å². The summed E-state index contributed by atoms with van der Waals surface area (Å²) in [5.41, 5.74) is 4.68. The summed E-state index contributed by atoms with van der Waals surface area (Å²) >= 11 is 0. The third-order valence-electron chi connectivity index (χ3n) is 5.53. The van der Waals surface area contributed by atoms with Crippen molar-refractivity contribution < 1.29 is 9.18 Å². The number of halogens is 1. The van der Waals surface area contributed by atoms with Crippen LogP contribution >= 0.6 is 0 Å². The molecule has 0 aliphatic heterocycles. The molecule has 0 unspecified atom stereocenters. The van der Waals surface area contributed by atoms with E-state index in [1.54, 1.807) is 36.5 Å². The molecule has 1 amide bonds. The highest BCUT2D eigenvalue weighted by Gasteiger charge is 2.17. The minimum absolute atomic E-state index is 0.133. The minimum Gasteiger partial charge on any atom is -0.342 e. The largest absolute Gasteiger partial charge is 0.342 e. The van der Waals surface area contributed by atoms with Gasteiger partial charge in [0.05, 0.1) is 28.2 Å². The molecule has 0 aliphatic rings. The van der Waals surface area contributed by atoms with Gasteiger partial charge in [-0.05, 0) is 56.7 Å². The number of imidazole rings is 1. The molecule has 33 heavy (non-hydrogen) atoms. The zero-order chi connectivity index (χ0) is 23.1. The Morgan fingerprint density at radius 3 is 2.76 bits per heavy atom. The molecule has 0 saturated heterocycles. The SMILES string of the molecule is Cc1cc(C(=O)Nc2ccc3nc(Cc4ccccc4F)[nH]c3c2)c2cnn(C(C)C)c2n1. The molecule has 7 nitrogen and oxygen atoms in total. The molecule has 0 fully saturated rings. The molecular weight excluding hydrogens is 419 g/mol. The maximum atomic E-state index is 14.0. The van der Waals surface area contributed by atoms with Crippen LogP contribution in [0.5, 0.6) is 0 Å². The number of aromatic nitrogens is 5. The number of carbonyl (C=O) groups is 1. The van der Waals surface area contributed by atoms with E-state index in [1.807, 2.05) is 37.6 Å². The quantitative estimate of drug-likeness (QED) is 0.393. The first-order valence-corrected chi connectivity index (χ1v) is 10.8.